The lowest BCUT2D eigenvalue weighted by molar-refractivity contribution is -0.115. The van der Waals surface area contributed by atoms with Crippen LogP contribution < -0.4 is 5.32 Å². The Morgan fingerprint density at radius 1 is 1.53 bits per heavy atom. The van der Waals surface area contributed by atoms with Crippen molar-refractivity contribution >= 4 is 11.5 Å². The molecule has 5 nitrogen and oxygen atoms in total. The fourth-order valence-corrected chi connectivity index (χ4v) is 1.53. The lowest BCUT2D eigenvalue weighted by atomic mass is 10.0. The Labute approximate surface area is 113 Å². The fraction of sp³-hybridized carbons (Fsp3) is 0.429. The third-order valence-corrected chi connectivity index (χ3v) is 2.70. The van der Waals surface area contributed by atoms with Crippen molar-refractivity contribution in [2.45, 2.75) is 27.0 Å². The van der Waals surface area contributed by atoms with Crippen LogP contribution in [0.25, 0.3) is 0 Å². The van der Waals surface area contributed by atoms with E-state index in [1.807, 2.05) is 6.08 Å². The molecule has 1 aliphatic heterocycles. The van der Waals surface area contributed by atoms with Crippen LogP contribution in [0.3, 0.4) is 0 Å². The Hall–Kier alpha value is -1.88. The lowest BCUT2D eigenvalue weighted by Crippen LogP contribution is -2.37. The number of allylic oxidation sites excluding steroid dienone is 4. The fourth-order valence-electron chi connectivity index (χ4n) is 1.53. The molecule has 0 saturated carbocycles. The molecule has 1 rings (SSSR count). The number of carbonyl (C=O) groups excluding carboxylic acids is 1. The van der Waals surface area contributed by atoms with Gasteiger partial charge in [-0.3, -0.25) is 10.2 Å². The monoisotopic (exact) mass is 263 g/mol. The largest absolute Gasteiger partial charge is 0.371 e. The van der Waals surface area contributed by atoms with Gasteiger partial charge in [0.15, 0.2) is 5.78 Å². The van der Waals surface area contributed by atoms with Crippen molar-refractivity contribution in [2.24, 2.45) is 5.92 Å². The van der Waals surface area contributed by atoms with Gasteiger partial charge in [0.1, 0.15) is 6.23 Å². The van der Waals surface area contributed by atoms with E-state index in [9.17, 15) is 9.90 Å². The Morgan fingerprint density at radius 2 is 2.21 bits per heavy atom. The van der Waals surface area contributed by atoms with Crippen LogP contribution in [0.2, 0.25) is 0 Å². The summed E-state index contributed by atoms with van der Waals surface area (Å²) in [6.45, 7) is 5.74. The molecule has 0 fully saturated rings. The van der Waals surface area contributed by atoms with E-state index in [1.165, 1.54) is 6.08 Å². The minimum absolute atomic E-state index is 0.00497. The molecule has 0 aromatic heterocycles. The molecule has 0 amide bonds. The maximum absolute atomic E-state index is 11.6. The predicted molar refractivity (Wildman–Crippen MR) is 75.5 cm³/mol. The van der Waals surface area contributed by atoms with E-state index in [-0.39, 0.29) is 17.4 Å². The number of hydrogen-bond acceptors (Lipinski definition) is 5. The van der Waals surface area contributed by atoms with Gasteiger partial charge in [-0.1, -0.05) is 19.9 Å². The minimum atomic E-state index is -0.651. The molecule has 0 aliphatic carbocycles. The van der Waals surface area contributed by atoms with E-state index in [4.69, 9.17) is 5.41 Å². The van der Waals surface area contributed by atoms with Gasteiger partial charge in [-0.25, -0.2) is 0 Å². The van der Waals surface area contributed by atoms with Gasteiger partial charge in [0.05, 0.1) is 12.4 Å². The number of nitrogens with one attached hydrogen (secondary N) is 2. The van der Waals surface area contributed by atoms with Crippen molar-refractivity contribution in [2.75, 3.05) is 6.67 Å². The van der Waals surface area contributed by atoms with Crippen molar-refractivity contribution < 1.29 is 9.90 Å². The first kappa shape index (κ1) is 15.2. The van der Waals surface area contributed by atoms with Crippen molar-refractivity contribution in [1.82, 2.24) is 10.2 Å². The Balaban J connectivity index is 2.49. The number of rotatable bonds is 6. The quantitative estimate of drug-likeness (QED) is 0.633. The first-order valence-electron chi connectivity index (χ1n) is 6.25. The highest BCUT2D eigenvalue weighted by Crippen LogP contribution is 2.04. The highest BCUT2D eigenvalue weighted by atomic mass is 16.3. The number of Topliss-reactive ketones (excluding diaryl/α,β-unsaturated/α-hetero) is 1. The van der Waals surface area contributed by atoms with E-state index >= 15 is 0 Å². The molecular weight excluding hydrogens is 242 g/mol. The zero-order chi connectivity index (χ0) is 14.4. The van der Waals surface area contributed by atoms with Gasteiger partial charge < -0.3 is 15.3 Å². The molecule has 1 unspecified atom stereocenters. The van der Waals surface area contributed by atoms with E-state index in [2.05, 4.69) is 5.32 Å². The molecule has 0 aromatic rings. The van der Waals surface area contributed by atoms with Gasteiger partial charge in [-0.15, -0.1) is 0 Å². The third-order valence-electron chi connectivity index (χ3n) is 2.70. The Morgan fingerprint density at radius 3 is 2.79 bits per heavy atom. The van der Waals surface area contributed by atoms with Crippen molar-refractivity contribution in [3.05, 3.63) is 36.2 Å². The molecule has 0 aromatic carbocycles. The molecule has 1 heterocycles. The normalized spacial score (nSPS) is 18.9. The molecule has 0 saturated heterocycles. The van der Waals surface area contributed by atoms with Gasteiger partial charge in [-0.05, 0) is 25.2 Å². The maximum atomic E-state index is 11.6. The molecule has 1 aliphatic rings. The molecule has 0 bridgehead atoms. The van der Waals surface area contributed by atoms with E-state index in [1.54, 1.807) is 44.0 Å². The van der Waals surface area contributed by atoms with Crippen LogP contribution in [0, 0.1) is 11.3 Å². The SMILES string of the molecule is C/C(=C/C(=N)C(=O)C(C)C)NCN1C=CC=CC1O. The zero-order valence-electron chi connectivity index (χ0n) is 11.6. The zero-order valence-corrected chi connectivity index (χ0v) is 11.6. The second-order valence-corrected chi connectivity index (χ2v) is 4.75. The van der Waals surface area contributed by atoms with Crippen LogP contribution in [0.1, 0.15) is 20.8 Å². The third kappa shape index (κ3) is 4.71. The van der Waals surface area contributed by atoms with Crippen LogP contribution in [0.4, 0.5) is 0 Å². The standard InChI is InChI=1S/C14H21N3O2/c1-10(2)14(19)12(15)8-11(3)16-9-17-7-5-4-6-13(17)18/h4-8,10,13,15-16,18H,9H2,1-3H3/b11-8-,15-12?. The van der Waals surface area contributed by atoms with Gasteiger partial charge in [-0.2, -0.15) is 0 Å². The average molecular weight is 263 g/mol. The molecule has 3 N–H and O–H groups in total. The summed E-state index contributed by atoms with van der Waals surface area (Å²) in [7, 11) is 0. The predicted octanol–water partition coefficient (Wildman–Crippen LogP) is 1.39. The van der Waals surface area contributed by atoms with Gasteiger partial charge in [0.2, 0.25) is 0 Å². The van der Waals surface area contributed by atoms with Crippen LogP contribution in [-0.2, 0) is 4.79 Å². The number of aliphatic hydroxyl groups excluding tert-OH is 1. The minimum Gasteiger partial charge on any atom is -0.371 e. The summed E-state index contributed by atoms with van der Waals surface area (Å²) in [6, 6.07) is 0. The molecule has 5 heteroatoms. The molecule has 0 radical (unpaired) electrons. The summed E-state index contributed by atoms with van der Waals surface area (Å²) < 4.78 is 0. The van der Waals surface area contributed by atoms with Crippen molar-refractivity contribution in [3.8, 4) is 0 Å². The molecular formula is C14H21N3O2. The molecule has 104 valence electrons. The molecule has 19 heavy (non-hydrogen) atoms. The highest BCUT2D eigenvalue weighted by molar-refractivity contribution is 6.43. The second kappa shape index (κ2) is 6.89. The highest BCUT2D eigenvalue weighted by Gasteiger charge is 2.12. The van der Waals surface area contributed by atoms with Crippen LogP contribution in [-0.4, -0.2) is 34.4 Å². The van der Waals surface area contributed by atoms with Crippen LogP contribution in [0.15, 0.2) is 36.2 Å². The van der Waals surface area contributed by atoms with Gasteiger partial charge in [0, 0.05) is 17.8 Å². The average Bonchev–Trinajstić information content (AvgIpc) is 2.36. The number of aliphatic hydroxyl groups is 1. The number of nitrogens with zero attached hydrogens (tertiary/aromatic N) is 1. The Kier molecular flexibility index (Phi) is 5.51. The number of hydrogen-bond donors (Lipinski definition) is 3. The van der Waals surface area contributed by atoms with Crippen LogP contribution >= 0.6 is 0 Å². The number of carbonyl (C=O) groups is 1. The van der Waals surface area contributed by atoms with E-state index < -0.39 is 6.23 Å². The topological polar surface area (TPSA) is 76.4 Å². The van der Waals surface area contributed by atoms with Crippen LogP contribution in [0.5, 0.6) is 0 Å². The summed E-state index contributed by atoms with van der Waals surface area (Å²) in [5.74, 6) is -0.351. The second-order valence-electron chi connectivity index (χ2n) is 4.75. The van der Waals surface area contributed by atoms with E-state index in [0.717, 1.165) is 0 Å². The van der Waals surface area contributed by atoms with E-state index in [0.29, 0.717) is 12.4 Å². The van der Waals surface area contributed by atoms with Crippen molar-refractivity contribution in [1.29, 1.82) is 5.41 Å². The summed E-state index contributed by atoms with van der Waals surface area (Å²) in [4.78, 5) is 13.3. The molecule has 0 spiro atoms. The summed E-state index contributed by atoms with van der Waals surface area (Å²) in [6.07, 6.45) is 7.92. The molecule has 1 atom stereocenters. The van der Waals surface area contributed by atoms with Gasteiger partial charge in [0.25, 0.3) is 0 Å². The first-order chi connectivity index (χ1) is 8.91. The lowest BCUT2D eigenvalue weighted by Gasteiger charge is -2.26. The number of ketones is 1. The smallest absolute Gasteiger partial charge is 0.183 e. The maximum Gasteiger partial charge on any atom is 0.183 e. The summed E-state index contributed by atoms with van der Waals surface area (Å²) in [5.41, 5.74) is 0.712. The Bertz CT molecular complexity index is 436. The summed E-state index contributed by atoms with van der Waals surface area (Å²) in [5, 5.41) is 20.4. The summed E-state index contributed by atoms with van der Waals surface area (Å²) >= 11 is 0. The van der Waals surface area contributed by atoms with Gasteiger partial charge >= 0.3 is 0 Å². The van der Waals surface area contributed by atoms with Crippen molar-refractivity contribution in [3.63, 3.8) is 0 Å². The first-order valence-corrected chi connectivity index (χ1v) is 6.25.